The lowest BCUT2D eigenvalue weighted by atomic mass is 9.83. The number of ketones is 1. The summed E-state index contributed by atoms with van der Waals surface area (Å²) >= 11 is 0. The van der Waals surface area contributed by atoms with Gasteiger partial charge in [0.15, 0.2) is 5.78 Å². The zero-order valence-corrected chi connectivity index (χ0v) is 11.6. The van der Waals surface area contributed by atoms with Gasteiger partial charge in [0, 0.05) is 5.56 Å². The number of carbonyl (C=O) groups is 1. The maximum atomic E-state index is 12.7. The molecule has 0 unspecified atom stereocenters. The third-order valence-corrected chi connectivity index (χ3v) is 3.73. The molecule has 0 saturated carbocycles. The monoisotopic (exact) mass is 233 g/mol. The summed E-state index contributed by atoms with van der Waals surface area (Å²) < 4.78 is 0. The Kier molecular flexibility index (Phi) is 4.47. The Morgan fingerprint density at radius 2 is 1.82 bits per heavy atom. The minimum Gasteiger partial charge on any atom is -0.297 e. The summed E-state index contributed by atoms with van der Waals surface area (Å²) in [4.78, 5) is 14.7. The largest absolute Gasteiger partial charge is 0.297 e. The fourth-order valence-electron chi connectivity index (χ4n) is 2.46. The van der Waals surface area contributed by atoms with Gasteiger partial charge in [-0.15, -0.1) is 0 Å². The van der Waals surface area contributed by atoms with E-state index in [2.05, 4.69) is 18.7 Å². The van der Waals surface area contributed by atoms with Crippen LogP contribution in [0.1, 0.15) is 42.6 Å². The summed E-state index contributed by atoms with van der Waals surface area (Å²) in [6.45, 7) is 6.18. The fourth-order valence-corrected chi connectivity index (χ4v) is 2.46. The zero-order valence-electron chi connectivity index (χ0n) is 11.6. The van der Waals surface area contributed by atoms with Crippen molar-refractivity contribution < 1.29 is 4.79 Å². The van der Waals surface area contributed by atoms with Crippen molar-refractivity contribution in [1.29, 1.82) is 0 Å². The number of benzene rings is 1. The van der Waals surface area contributed by atoms with Crippen LogP contribution in [0.25, 0.3) is 0 Å². The molecule has 2 heteroatoms. The Morgan fingerprint density at radius 3 is 2.24 bits per heavy atom. The van der Waals surface area contributed by atoms with Crippen LogP contribution >= 0.6 is 0 Å². The van der Waals surface area contributed by atoms with Gasteiger partial charge in [0.1, 0.15) is 0 Å². The Balaban J connectivity index is 3.17. The van der Waals surface area contributed by atoms with Crippen molar-refractivity contribution in [3.05, 3.63) is 35.4 Å². The molecule has 0 aromatic heterocycles. The number of rotatable bonds is 5. The first-order valence-corrected chi connectivity index (χ1v) is 6.26. The topological polar surface area (TPSA) is 20.3 Å². The first-order chi connectivity index (χ1) is 7.97. The van der Waals surface area contributed by atoms with E-state index in [1.807, 2.05) is 45.3 Å². The molecule has 0 aliphatic heterocycles. The molecule has 1 rings (SSSR count). The van der Waals surface area contributed by atoms with Gasteiger partial charge in [0.2, 0.25) is 0 Å². The van der Waals surface area contributed by atoms with Crippen molar-refractivity contribution >= 4 is 5.78 Å². The molecule has 0 N–H and O–H groups in total. The molecule has 1 aromatic carbocycles. The molecule has 17 heavy (non-hydrogen) atoms. The number of hydrogen-bond acceptors (Lipinski definition) is 2. The van der Waals surface area contributed by atoms with Crippen LogP contribution in [0.4, 0.5) is 0 Å². The van der Waals surface area contributed by atoms with Crippen molar-refractivity contribution in [2.24, 2.45) is 0 Å². The molecule has 0 amide bonds. The predicted molar refractivity (Wildman–Crippen MR) is 72.5 cm³/mol. The first kappa shape index (κ1) is 13.9. The van der Waals surface area contributed by atoms with Crippen LogP contribution in [-0.2, 0) is 0 Å². The number of Topliss-reactive ketones (excluding diaryl/α,β-unsaturated/α-hetero) is 1. The summed E-state index contributed by atoms with van der Waals surface area (Å²) in [5.74, 6) is 0.233. The Labute approximate surface area is 105 Å². The average Bonchev–Trinajstić information content (AvgIpc) is 2.30. The summed E-state index contributed by atoms with van der Waals surface area (Å²) in [6, 6.07) is 7.87. The van der Waals surface area contributed by atoms with Gasteiger partial charge in [-0.3, -0.25) is 9.69 Å². The molecule has 0 radical (unpaired) electrons. The third kappa shape index (κ3) is 2.58. The van der Waals surface area contributed by atoms with E-state index in [-0.39, 0.29) is 11.3 Å². The second kappa shape index (κ2) is 5.46. The molecule has 0 spiro atoms. The van der Waals surface area contributed by atoms with Crippen LogP contribution in [0.15, 0.2) is 24.3 Å². The maximum absolute atomic E-state index is 12.7. The van der Waals surface area contributed by atoms with E-state index < -0.39 is 0 Å². The van der Waals surface area contributed by atoms with E-state index in [1.54, 1.807) is 0 Å². The lowest BCUT2D eigenvalue weighted by Gasteiger charge is -2.37. The van der Waals surface area contributed by atoms with Gasteiger partial charge < -0.3 is 0 Å². The number of nitrogens with zero attached hydrogens (tertiary/aromatic N) is 1. The molecule has 0 aliphatic carbocycles. The van der Waals surface area contributed by atoms with E-state index in [0.717, 1.165) is 24.0 Å². The second-order valence-electron chi connectivity index (χ2n) is 4.83. The van der Waals surface area contributed by atoms with Gasteiger partial charge in [-0.05, 0) is 39.9 Å². The van der Waals surface area contributed by atoms with Crippen LogP contribution in [0.2, 0.25) is 0 Å². The zero-order chi connectivity index (χ0) is 13.1. The summed E-state index contributed by atoms with van der Waals surface area (Å²) in [7, 11) is 3.97. The SMILES string of the molecule is CCC(CC)(C(=O)c1cccc(C)c1)N(C)C. The molecule has 94 valence electrons. The van der Waals surface area contributed by atoms with Gasteiger partial charge in [0.05, 0.1) is 5.54 Å². The lowest BCUT2D eigenvalue weighted by Crippen LogP contribution is -2.50. The Hall–Kier alpha value is -1.15. The highest BCUT2D eigenvalue weighted by atomic mass is 16.1. The molecular weight excluding hydrogens is 210 g/mol. The normalized spacial score (nSPS) is 11.9. The third-order valence-electron chi connectivity index (χ3n) is 3.73. The number of aryl methyl sites for hydroxylation is 1. The van der Waals surface area contributed by atoms with Crippen LogP contribution in [0, 0.1) is 6.92 Å². The summed E-state index contributed by atoms with van der Waals surface area (Å²) in [6.07, 6.45) is 1.67. The molecule has 1 aromatic rings. The molecule has 0 aliphatic rings. The Morgan fingerprint density at radius 1 is 1.24 bits per heavy atom. The fraction of sp³-hybridized carbons (Fsp3) is 0.533. The number of likely N-dealkylation sites (N-methyl/N-ethyl adjacent to an activating group) is 1. The molecular formula is C15H23NO. The van der Waals surface area contributed by atoms with Crippen molar-refractivity contribution in [1.82, 2.24) is 4.90 Å². The maximum Gasteiger partial charge on any atom is 0.183 e. The number of carbonyl (C=O) groups excluding carboxylic acids is 1. The van der Waals surface area contributed by atoms with Gasteiger partial charge in [-0.1, -0.05) is 37.6 Å². The number of hydrogen-bond donors (Lipinski definition) is 0. The minimum absolute atomic E-state index is 0.233. The van der Waals surface area contributed by atoms with Gasteiger partial charge in [-0.25, -0.2) is 0 Å². The van der Waals surface area contributed by atoms with E-state index in [1.165, 1.54) is 0 Å². The standard InChI is InChI=1S/C15H23NO/c1-6-15(7-2,16(4)5)14(17)13-10-8-9-12(3)11-13/h8-11H,6-7H2,1-5H3. The van der Waals surface area contributed by atoms with Gasteiger partial charge in [0.25, 0.3) is 0 Å². The van der Waals surface area contributed by atoms with Crippen LogP contribution in [0.3, 0.4) is 0 Å². The van der Waals surface area contributed by atoms with Crippen LogP contribution in [0.5, 0.6) is 0 Å². The summed E-state index contributed by atoms with van der Waals surface area (Å²) in [5.41, 5.74) is 1.59. The van der Waals surface area contributed by atoms with E-state index >= 15 is 0 Å². The van der Waals surface area contributed by atoms with Crippen molar-refractivity contribution in [3.8, 4) is 0 Å². The second-order valence-corrected chi connectivity index (χ2v) is 4.83. The van der Waals surface area contributed by atoms with E-state index in [4.69, 9.17) is 0 Å². The van der Waals surface area contributed by atoms with E-state index in [0.29, 0.717) is 0 Å². The van der Waals surface area contributed by atoms with E-state index in [9.17, 15) is 4.79 Å². The molecule has 0 saturated heterocycles. The van der Waals surface area contributed by atoms with Crippen molar-refractivity contribution in [2.75, 3.05) is 14.1 Å². The van der Waals surface area contributed by atoms with Crippen molar-refractivity contribution in [2.45, 2.75) is 39.2 Å². The summed E-state index contributed by atoms with van der Waals surface area (Å²) in [5, 5.41) is 0. The molecule has 2 nitrogen and oxygen atoms in total. The molecule has 0 atom stereocenters. The van der Waals surface area contributed by atoms with Crippen molar-refractivity contribution in [3.63, 3.8) is 0 Å². The molecule has 0 fully saturated rings. The van der Waals surface area contributed by atoms with Gasteiger partial charge in [-0.2, -0.15) is 0 Å². The quantitative estimate of drug-likeness (QED) is 0.727. The smallest absolute Gasteiger partial charge is 0.183 e. The Bertz CT molecular complexity index is 392. The molecule has 0 bridgehead atoms. The highest BCUT2D eigenvalue weighted by Gasteiger charge is 2.37. The van der Waals surface area contributed by atoms with Crippen LogP contribution in [-0.4, -0.2) is 30.3 Å². The van der Waals surface area contributed by atoms with Crippen LogP contribution < -0.4 is 0 Å². The molecule has 0 heterocycles. The highest BCUT2D eigenvalue weighted by Crippen LogP contribution is 2.26. The average molecular weight is 233 g/mol. The highest BCUT2D eigenvalue weighted by molar-refractivity contribution is 6.03. The van der Waals surface area contributed by atoms with Gasteiger partial charge >= 0.3 is 0 Å². The first-order valence-electron chi connectivity index (χ1n) is 6.26. The lowest BCUT2D eigenvalue weighted by molar-refractivity contribution is 0.0656. The predicted octanol–water partition coefficient (Wildman–Crippen LogP) is 3.30. The minimum atomic E-state index is -0.367.